The van der Waals surface area contributed by atoms with Crippen LogP contribution in [0.1, 0.15) is 38.8 Å². The second kappa shape index (κ2) is 8.73. The zero-order valence-corrected chi connectivity index (χ0v) is 15.6. The number of pyridine rings is 1. The summed E-state index contributed by atoms with van der Waals surface area (Å²) in [5, 5.41) is 21.6. The average Bonchev–Trinajstić information content (AvgIpc) is 2.54. The van der Waals surface area contributed by atoms with E-state index in [4.69, 9.17) is 10.00 Å². The first-order valence-corrected chi connectivity index (χ1v) is 9.70. The highest BCUT2D eigenvalue weighted by atomic mass is 32.2. The fourth-order valence-corrected chi connectivity index (χ4v) is 2.86. The van der Waals surface area contributed by atoms with E-state index in [9.17, 15) is 23.1 Å². The van der Waals surface area contributed by atoms with Gasteiger partial charge >= 0.3 is 5.97 Å². The third-order valence-electron chi connectivity index (χ3n) is 3.45. The number of sulfone groups is 1. The van der Waals surface area contributed by atoms with Crippen LogP contribution in [-0.4, -0.2) is 48.8 Å². The quantitative estimate of drug-likeness (QED) is 0.626. The molecular formula is C16H21N3O6S. The predicted octanol–water partition coefficient (Wildman–Crippen LogP) is 0.780. The molecule has 1 aromatic rings. The molecule has 0 aromatic carbocycles. The van der Waals surface area contributed by atoms with E-state index in [1.165, 1.54) is 6.92 Å². The van der Waals surface area contributed by atoms with Crippen LogP contribution >= 0.6 is 0 Å². The van der Waals surface area contributed by atoms with E-state index in [1.807, 2.05) is 0 Å². The Labute approximate surface area is 151 Å². The highest BCUT2D eigenvalue weighted by Crippen LogP contribution is 2.21. The summed E-state index contributed by atoms with van der Waals surface area (Å²) in [7, 11) is -3.72. The summed E-state index contributed by atoms with van der Waals surface area (Å²) in [4.78, 5) is 26.9. The molecule has 0 bridgehead atoms. The molecule has 0 saturated carbocycles. The van der Waals surface area contributed by atoms with Gasteiger partial charge in [-0.25, -0.2) is 13.4 Å². The van der Waals surface area contributed by atoms with E-state index in [-0.39, 0.29) is 42.1 Å². The van der Waals surface area contributed by atoms with E-state index >= 15 is 0 Å². The van der Waals surface area contributed by atoms with Crippen molar-refractivity contribution in [2.24, 2.45) is 0 Å². The Morgan fingerprint density at radius 3 is 2.65 bits per heavy atom. The van der Waals surface area contributed by atoms with Crippen LogP contribution in [0.4, 0.5) is 5.69 Å². The van der Waals surface area contributed by atoms with Crippen molar-refractivity contribution < 1.29 is 27.9 Å². The Hall–Kier alpha value is -2.51. The number of amides is 1. The highest BCUT2D eigenvalue weighted by molar-refractivity contribution is 7.90. The molecule has 1 amide bonds. The standard InChI is InChI=1S/C16H21N3O6S/c1-4-25-14(20)6-5-7-16(2,22)15(21)19-11-8-13(26(3,23)24)12(9-17)18-10-11/h8,10,22H,4-7H2,1-3H3,(H,19,21)/t16-/m0/s1. The lowest BCUT2D eigenvalue weighted by atomic mass is 9.98. The molecule has 1 aromatic heterocycles. The topological polar surface area (TPSA) is 146 Å². The fourth-order valence-electron chi connectivity index (χ4n) is 2.07. The molecule has 0 radical (unpaired) electrons. The number of anilines is 1. The number of nitrogens with one attached hydrogen (secondary N) is 1. The summed E-state index contributed by atoms with van der Waals surface area (Å²) < 4.78 is 28.2. The summed E-state index contributed by atoms with van der Waals surface area (Å²) in [5.74, 6) is -1.20. The molecule has 142 valence electrons. The maximum Gasteiger partial charge on any atom is 0.305 e. The van der Waals surface area contributed by atoms with Crippen LogP contribution < -0.4 is 5.32 Å². The second-order valence-electron chi connectivity index (χ2n) is 5.84. The minimum absolute atomic E-state index is 0.000287. The molecule has 0 aliphatic carbocycles. The predicted molar refractivity (Wildman–Crippen MR) is 91.8 cm³/mol. The largest absolute Gasteiger partial charge is 0.466 e. The van der Waals surface area contributed by atoms with E-state index in [0.717, 1.165) is 18.5 Å². The number of aliphatic hydroxyl groups is 1. The van der Waals surface area contributed by atoms with Crippen LogP contribution in [0.3, 0.4) is 0 Å². The number of carbonyl (C=O) groups excluding carboxylic acids is 2. The van der Waals surface area contributed by atoms with Gasteiger partial charge in [0.1, 0.15) is 16.6 Å². The number of nitriles is 1. The van der Waals surface area contributed by atoms with E-state index in [2.05, 4.69) is 10.3 Å². The molecule has 2 N–H and O–H groups in total. The van der Waals surface area contributed by atoms with Gasteiger partial charge in [0.15, 0.2) is 15.5 Å². The van der Waals surface area contributed by atoms with Crippen molar-refractivity contribution in [2.45, 2.75) is 43.6 Å². The third-order valence-corrected chi connectivity index (χ3v) is 4.57. The third kappa shape index (κ3) is 6.09. The number of esters is 1. The van der Waals surface area contributed by atoms with Gasteiger partial charge in [0.25, 0.3) is 5.91 Å². The lowest BCUT2D eigenvalue weighted by molar-refractivity contribution is -0.144. The monoisotopic (exact) mass is 383 g/mol. The van der Waals surface area contributed by atoms with Gasteiger partial charge in [-0.2, -0.15) is 5.26 Å². The molecule has 0 aliphatic rings. The Kier molecular flexibility index (Phi) is 7.23. The normalized spacial score (nSPS) is 13.3. The molecule has 0 spiro atoms. The van der Waals surface area contributed by atoms with Gasteiger partial charge in [-0.15, -0.1) is 0 Å². The zero-order valence-electron chi connectivity index (χ0n) is 14.8. The van der Waals surface area contributed by atoms with Gasteiger partial charge < -0.3 is 15.2 Å². The van der Waals surface area contributed by atoms with Gasteiger partial charge in [0.05, 0.1) is 18.5 Å². The summed E-state index contributed by atoms with van der Waals surface area (Å²) in [6.07, 6.45) is 2.34. The minimum Gasteiger partial charge on any atom is -0.466 e. The lowest BCUT2D eigenvalue weighted by Gasteiger charge is -2.22. The molecule has 26 heavy (non-hydrogen) atoms. The van der Waals surface area contributed by atoms with Gasteiger partial charge in [-0.1, -0.05) is 0 Å². The van der Waals surface area contributed by atoms with Crippen molar-refractivity contribution in [3.63, 3.8) is 0 Å². The van der Waals surface area contributed by atoms with Crippen molar-refractivity contribution in [3.05, 3.63) is 18.0 Å². The van der Waals surface area contributed by atoms with Gasteiger partial charge in [-0.05, 0) is 32.8 Å². The number of ether oxygens (including phenoxy) is 1. The van der Waals surface area contributed by atoms with Crippen molar-refractivity contribution in [1.82, 2.24) is 4.98 Å². The number of aromatic nitrogens is 1. The highest BCUT2D eigenvalue weighted by Gasteiger charge is 2.30. The van der Waals surface area contributed by atoms with E-state index in [0.29, 0.717) is 0 Å². The van der Waals surface area contributed by atoms with Gasteiger partial charge in [0, 0.05) is 12.7 Å². The molecule has 10 heteroatoms. The van der Waals surface area contributed by atoms with Gasteiger partial charge in [-0.3, -0.25) is 9.59 Å². The van der Waals surface area contributed by atoms with Gasteiger partial charge in [0.2, 0.25) is 0 Å². The Morgan fingerprint density at radius 1 is 1.46 bits per heavy atom. The van der Waals surface area contributed by atoms with Crippen molar-refractivity contribution >= 4 is 27.4 Å². The van der Waals surface area contributed by atoms with Crippen LogP contribution in [0.15, 0.2) is 17.2 Å². The van der Waals surface area contributed by atoms with Crippen LogP contribution in [-0.2, 0) is 24.2 Å². The average molecular weight is 383 g/mol. The maximum atomic E-state index is 12.2. The first-order valence-electron chi connectivity index (χ1n) is 7.81. The zero-order chi connectivity index (χ0) is 20.0. The van der Waals surface area contributed by atoms with Crippen LogP contribution in [0.25, 0.3) is 0 Å². The van der Waals surface area contributed by atoms with Crippen molar-refractivity contribution in [3.8, 4) is 6.07 Å². The Morgan fingerprint density at radius 2 is 2.12 bits per heavy atom. The first-order chi connectivity index (χ1) is 12.0. The Bertz CT molecular complexity index is 827. The van der Waals surface area contributed by atoms with Crippen LogP contribution in [0.5, 0.6) is 0 Å². The summed E-state index contributed by atoms with van der Waals surface area (Å²) in [6, 6.07) is 2.77. The molecule has 1 atom stereocenters. The van der Waals surface area contributed by atoms with E-state index < -0.39 is 27.3 Å². The van der Waals surface area contributed by atoms with Crippen molar-refractivity contribution in [1.29, 1.82) is 5.26 Å². The maximum absolute atomic E-state index is 12.2. The molecule has 9 nitrogen and oxygen atoms in total. The Balaban J connectivity index is 2.83. The molecular weight excluding hydrogens is 362 g/mol. The number of hydrogen-bond acceptors (Lipinski definition) is 8. The smallest absolute Gasteiger partial charge is 0.305 e. The molecule has 0 saturated heterocycles. The molecule has 0 fully saturated rings. The van der Waals surface area contributed by atoms with Crippen molar-refractivity contribution in [2.75, 3.05) is 18.2 Å². The molecule has 1 heterocycles. The SMILES string of the molecule is CCOC(=O)CCC[C@](C)(O)C(=O)Nc1cnc(C#N)c(S(C)(=O)=O)c1. The minimum atomic E-state index is -3.72. The number of rotatable bonds is 8. The fraction of sp³-hybridized carbons (Fsp3) is 0.500. The van der Waals surface area contributed by atoms with Crippen LogP contribution in [0.2, 0.25) is 0 Å². The second-order valence-corrected chi connectivity index (χ2v) is 7.83. The summed E-state index contributed by atoms with van der Waals surface area (Å²) in [6.45, 7) is 3.21. The summed E-state index contributed by atoms with van der Waals surface area (Å²) in [5.41, 5.74) is -2.04. The molecule has 0 unspecified atom stereocenters. The number of carbonyl (C=O) groups is 2. The number of nitrogens with zero attached hydrogens (tertiary/aromatic N) is 2. The molecule has 1 rings (SSSR count). The number of hydrogen-bond donors (Lipinski definition) is 2. The first kappa shape index (κ1) is 21.5. The van der Waals surface area contributed by atoms with Crippen LogP contribution in [0, 0.1) is 11.3 Å². The molecule has 0 aliphatic heterocycles. The summed E-state index contributed by atoms with van der Waals surface area (Å²) >= 11 is 0. The van der Waals surface area contributed by atoms with E-state index in [1.54, 1.807) is 13.0 Å². The lowest BCUT2D eigenvalue weighted by Crippen LogP contribution is -2.40.